The average molecular weight is 568 g/mol. The number of hydrogen-bond donors (Lipinski definition) is 3. The van der Waals surface area contributed by atoms with Gasteiger partial charge in [-0.2, -0.15) is 0 Å². The van der Waals surface area contributed by atoms with E-state index >= 15 is 0 Å². The van der Waals surface area contributed by atoms with Gasteiger partial charge in [-0.05, 0) is 17.2 Å². The van der Waals surface area contributed by atoms with Crippen LogP contribution >= 0.6 is 34.9 Å². The number of thiazole rings is 1. The van der Waals surface area contributed by atoms with Gasteiger partial charge >= 0.3 is 5.97 Å². The van der Waals surface area contributed by atoms with E-state index in [1.165, 1.54) is 35.5 Å². The molecule has 0 aliphatic carbocycles. The molecule has 5 rings (SSSR count). The Kier molecular flexibility index (Phi) is 7.40. The number of oxime groups is 1. The number of fused-ring (bicyclic) bond motifs is 1. The first-order chi connectivity index (χ1) is 18.4. The Balaban J connectivity index is 1.38. The Hall–Kier alpha value is -3.81. The van der Waals surface area contributed by atoms with E-state index in [9.17, 15) is 19.5 Å². The maximum absolute atomic E-state index is 13.1. The molecule has 1 fully saturated rings. The fourth-order valence-corrected chi connectivity index (χ4v) is 7.29. The molecule has 0 bridgehead atoms. The molecule has 38 heavy (non-hydrogen) atoms. The second-order valence-corrected chi connectivity index (χ2v) is 11.2. The molecule has 194 valence electrons. The molecule has 0 saturated carbocycles. The third kappa shape index (κ3) is 4.87. The third-order valence-electron chi connectivity index (χ3n) is 5.79. The van der Waals surface area contributed by atoms with E-state index in [0.29, 0.717) is 10.7 Å². The van der Waals surface area contributed by atoms with Gasteiger partial charge in [0.1, 0.15) is 29.9 Å². The molecule has 3 aromatic rings. The molecule has 10 nitrogen and oxygen atoms in total. The van der Waals surface area contributed by atoms with Gasteiger partial charge in [0.25, 0.3) is 11.8 Å². The second kappa shape index (κ2) is 10.9. The molecule has 13 heteroatoms. The lowest BCUT2D eigenvalue weighted by atomic mass is 10.0. The molecule has 2 amide bonds. The van der Waals surface area contributed by atoms with E-state index in [-0.39, 0.29) is 22.2 Å². The van der Waals surface area contributed by atoms with Crippen LogP contribution in [0.4, 0.5) is 5.13 Å². The Labute approximate surface area is 229 Å². The molecule has 2 aliphatic rings. The van der Waals surface area contributed by atoms with Gasteiger partial charge in [-0.15, -0.1) is 23.1 Å². The number of nitrogens with two attached hydrogens (primary N) is 1. The number of hydrogen-bond acceptors (Lipinski definition) is 10. The number of β-lactam (4-membered cyclic amide) rings is 1. The highest BCUT2D eigenvalue weighted by molar-refractivity contribution is 8.06. The number of rotatable bonds is 8. The van der Waals surface area contributed by atoms with Crippen molar-refractivity contribution in [3.63, 3.8) is 0 Å². The molecule has 1 saturated heterocycles. The van der Waals surface area contributed by atoms with Crippen LogP contribution in [0.5, 0.6) is 0 Å². The van der Waals surface area contributed by atoms with Gasteiger partial charge in [-0.25, -0.2) is 9.78 Å². The molecule has 0 unspecified atom stereocenters. The zero-order chi connectivity index (χ0) is 26.8. The molecule has 0 radical (unpaired) electrons. The standard InChI is InChI=1S/C25H21N5O5S3/c1-35-29-18(15-11-37-25(26)27-15)21(31)28-19-22(32)30-20(24(33)34)17(12-36-23(19)30)38-16-10-6-5-9-14(16)13-7-3-2-4-8-13/h2-11,19,23H,12H2,1H3,(H2,26,27)(H,28,31)(H,33,34)/t19-,23+/m1/s1. The van der Waals surface area contributed by atoms with Gasteiger partial charge in [-0.3, -0.25) is 14.5 Å². The van der Waals surface area contributed by atoms with Crippen molar-refractivity contribution >= 4 is 63.5 Å². The van der Waals surface area contributed by atoms with Crippen molar-refractivity contribution in [1.82, 2.24) is 15.2 Å². The number of nitrogen functional groups attached to an aromatic ring is 1. The van der Waals surface area contributed by atoms with Gasteiger partial charge < -0.3 is 21.0 Å². The number of carbonyl (C=O) groups is 3. The zero-order valence-electron chi connectivity index (χ0n) is 19.9. The molecule has 3 heterocycles. The maximum atomic E-state index is 13.1. The Morgan fingerprint density at radius 2 is 1.95 bits per heavy atom. The van der Waals surface area contributed by atoms with Crippen molar-refractivity contribution in [1.29, 1.82) is 0 Å². The SMILES string of the molecule is CON=C(C(=O)N[C@@H]1C(=O)N2C(C(=O)O)=C(Sc3ccccc3-c3ccccc3)CS[C@@H]12)c1csc(N)n1. The van der Waals surface area contributed by atoms with Crippen LogP contribution in [0.2, 0.25) is 0 Å². The van der Waals surface area contributed by atoms with Gasteiger partial charge in [0, 0.05) is 20.9 Å². The number of benzene rings is 2. The number of carboxylic acid groups (broad SMARTS) is 1. The fraction of sp³-hybridized carbons (Fsp3) is 0.160. The molecule has 2 aliphatic heterocycles. The first-order valence-electron chi connectivity index (χ1n) is 11.3. The monoisotopic (exact) mass is 567 g/mol. The second-order valence-electron chi connectivity index (χ2n) is 8.10. The van der Waals surface area contributed by atoms with Gasteiger partial charge in [0.2, 0.25) is 0 Å². The summed E-state index contributed by atoms with van der Waals surface area (Å²) < 4.78 is 0. The fourth-order valence-electron chi connectivity index (χ4n) is 4.12. The lowest BCUT2D eigenvalue weighted by Crippen LogP contribution is -2.71. The summed E-state index contributed by atoms with van der Waals surface area (Å²) in [4.78, 5) is 49.9. The van der Waals surface area contributed by atoms with E-state index in [0.717, 1.165) is 27.4 Å². The van der Waals surface area contributed by atoms with Crippen molar-refractivity contribution in [2.24, 2.45) is 5.16 Å². The molecular formula is C25H21N5O5S3. The molecule has 0 spiro atoms. The number of anilines is 1. The summed E-state index contributed by atoms with van der Waals surface area (Å²) in [6, 6.07) is 16.6. The van der Waals surface area contributed by atoms with E-state index in [1.807, 2.05) is 54.6 Å². The van der Waals surface area contributed by atoms with Crippen molar-refractivity contribution in [2.45, 2.75) is 16.3 Å². The summed E-state index contributed by atoms with van der Waals surface area (Å²) >= 11 is 3.85. The van der Waals surface area contributed by atoms with Crippen LogP contribution in [0.15, 0.2) is 80.6 Å². The van der Waals surface area contributed by atoms with Crippen molar-refractivity contribution in [3.05, 3.63) is 76.3 Å². The highest BCUT2D eigenvalue weighted by atomic mass is 32.2. The first-order valence-corrected chi connectivity index (χ1v) is 14.0. The average Bonchev–Trinajstić information content (AvgIpc) is 3.36. The third-order valence-corrected chi connectivity index (χ3v) is 9.09. The summed E-state index contributed by atoms with van der Waals surface area (Å²) in [7, 11) is 1.29. The molecule has 4 N–H and O–H groups in total. The highest BCUT2D eigenvalue weighted by Crippen LogP contribution is 2.46. The van der Waals surface area contributed by atoms with Crippen LogP contribution in [0.25, 0.3) is 11.1 Å². The van der Waals surface area contributed by atoms with Gasteiger partial charge in [0.05, 0.1) is 0 Å². The number of aliphatic carboxylic acids is 1. The highest BCUT2D eigenvalue weighted by Gasteiger charge is 2.54. The predicted molar refractivity (Wildman–Crippen MR) is 147 cm³/mol. The van der Waals surface area contributed by atoms with Crippen molar-refractivity contribution in [3.8, 4) is 11.1 Å². The lowest BCUT2D eigenvalue weighted by molar-refractivity contribution is -0.150. The quantitative estimate of drug-likeness (QED) is 0.212. The first kappa shape index (κ1) is 25.8. The lowest BCUT2D eigenvalue weighted by Gasteiger charge is -2.49. The summed E-state index contributed by atoms with van der Waals surface area (Å²) in [5.74, 6) is -2.03. The van der Waals surface area contributed by atoms with Gasteiger partial charge in [-0.1, -0.05) is 65.4 Å². The van der Waals surface area contributed by atoms with E-state index in [1.54, 1.807) is 5.38 Å². The summed E-state index contributed by atoms with van der Waals surface area (Å²) in [6.45, 7) is 0. The van der Waals surface area contributed by atoms with Crippen molar-refractivity contribution in [2.75, 3.05) is 18.6 Å². The number of carbonyl (C=O) groups excluding carboxylic acids is 2. The minimum Gasteiger partial charge on any atom is -0.477 e. The van der Waals surface area contributed by atoms with Crippen LogP contribution < -0.4 is 11.1 Å². The van der Waals surface area contributed by atoms with Crippen LogP contribution in [0.1, 0.15) is 5.69 Å². The smallest absolute Gasteiger partial charge is 0.353 e. The molecule has 1 aromatic heterocycles. The number of aromatic nitrogens is 1. The molecule has 2 aromatic carbocycles. The number of nitrogens with zero attached hydrogens (tertiary/aromatic N) is 3. The predicted octanol–water partition coefficient (Wildman–Crippen LogP) is 3.23. The van der Waals surface area contributed by atoms with Crippen LogP contribution in [0, 0.1) is 0 Å². The van der Waals surface area contributed by atoms with E-state index in [2.05, 4.69) is 15.5 Å². The molecule has 2 atom stereocenters. The number of carboxylic acids is 1. The Bertz CT molecular complexity index is 1470. The summed E-state index contributed by atoms with van der Waals surface area (Å²) in [5, 5.41) is 17.7. The summed E-state index contributed by atoms with van der Waals surface area (Å²) in [5.41, 5.74) is 7.66. The summed E-state index contributed by atoms with van der Waals surface area (Å²) in [6.07, 6.45) is 0. The van der Waals surface area contributed by atoms with Crippen LogP contribution in [-0.2, 0) is 19.2 Å². The number of nitrogens with one attached hydrogen (secondary N) is 1. The van der Waals surface area contributed by atoms with Gasteiger partial charge in [0.15, 0.2) is 10.8 Å². The van der Waals surface area contributed by atoms with E-state index < -0.39 is 29.2 Å². The van der Waals surface area contributed by atoms with Crippen LogP contribution in [-0.4, -0.2) is 62.8 Å². The Morgan fingerprint density at radius 1 is 1.21 bits per heavy atom. The maximum Gasteiger partial charge on any atom is 0.353 e. The minimum absolute atomic E-state index is 0.0739. The number of amides is 2. The largest absolute Gasteiger partial charge is 0.477 e. The topological polar surface area (TPSA) is 147 Å². The molecular weight excluding hydrogens is 547 g/mol. The van der Waals surface area contributed by atoms with E-state index in [4.69, 9.17) is 10.6 Å². The minimum atomic E-state index is -1.20. The Morgan fingerprint density at radius 3 is 2.63 bits per heavy atom. The zero-order valence-corrected chi connectivity index (χ0v) is 22.3. The normalized spacial score (nSPS) is 19.0. The number of thioether (sulfide) groups is 2. The van der Waals surface area contributed by atoms with Crippen molar-refractivity contribution < 1.29 is 24.3 Å². The van der Waals surface area contributed by atoms with Crippen LogP contribution in [0.3, 0.4) is 0 Å².